The first-order valence-electron chi connectivity index (χ1n) is 10.0. The summed E-state index contributed by atoms with van der Waals surface area (Å²) in [6, 6.07) is 15.3. The lowest BCUT2D eigenvalue weighted by atomic mass is 10.2. The second kappa shape index (κ2) is 8.80. The van der Waals surface area contributed by atoms with Gasteiger partial charge in [-0.25, -0.2) is 14.1 Å². The van der Waals surface area contributed by atoms with Crippen molar-refractivity contribution in [2.75, 3.05) is 5.32 Å². The highest BCUT2D eigenvalue weighted by Gasteiger charge is 2.16. The first kappa shape index (κ1) is 21.4. The highest BCUT2D eigenvalue weighted by Crippen LogP contribution is 2.31. The number of carbonyl (C=O) groups is 1. The molecule has 0 aliphatic heterocycles. The summed E-state index contributed by atoms with van der Waals surface area (Å²) < 4.78 is 21.8. The van der Waals surface area contributed by atoms with E-state index in [1.165, 1.54) is 29.1 Å². The van der Waals surface area contributed by atoms with Crippen molar-refractivity contribution in [3.63, 3.8) is 0 Å². The van der Waals surface area contributed by atoms with Gasteiger partial charge in [0.25, 0.3) is 5.91 Å². The lowest BCUT2D eigenvalue weighted by Gasteiger charge is -2.11. The lowest BCUT2D eigenvalue weighted by Crippen LogP contribution is -2.25. The van der Waals surface area contributed by atoms with Crippen molar-refractivity contribution < 1.29 is 13.9 Å². The molecule has 0 saturated heterocycles. The number of benzene rings is 2. The number of hydrogen-bond donors (Lipinski definition) is 2. The average molecular weight is 476 g/mol. The number of aromatic nitrogens is 4. The zero-order valence-corrected chi connectivity index (χ0v) is 18.1. The number of hydrogen-bond acceptors (Lipinski definition) is 5. The van der Waals surface area contributed by atoms with Gasteiger partial charge >= 0.3 is 0 Å². The van der Waals surface area contributed by atoms with Gasteiger partial charge in [-0.15, -0.1) is 0 Å². The van der Waals surface area contributed by atoms with E-state index in [0.717, 1.165) is 6.07 Å². The minimum Gasteiger partial charge on any atom is -0.453 e. The van der Waals surface area contributed by atoms with E-state index in [1.807, 2.05) is 0 Å². The van der Waals surface area contributed by atoms with E-state index in [2.05, 4.69) is 20.4 Å². The van der Waals surface area contributed by atoms with Crippen molar-refractivity contribution in [3.05, 3.63) is 106 Å². The number of anilines is 1. The van der Waals surface area contributed by atoms with E-state index < -0.39 is 17.2 Å². The predicted octanol–water partition coefficient (Wildman–Crippen LogP) is 4.95. The monoisotopic (exact) mass is 475 g/mol. The normalized spacial score (nSPS) is 10.9. The number of nitrogens with one attached hydrogen (secondary N) is 2. The van der Waals surface area contributed by atoms with Gasteiger partial charge in [0, 0.05) is 41.4 Å². The molecule has 8 nitrogen and oxygen atoms in total. The Morgan fingerprint density at radius 3 is 2.68 bits per heavy atom. The summed E-state index contributed by atoms with van der Waals surface area (Å²) in [7, 11) is 0. The molecule has 1 amide bonds. The Labute approximate surface area is 196 Å². The van der Waals surface area contributed by atoms with E-state index in [9.17, 15) is 14.0 Å². The average Bonchev–Trinajstić information content (AvgIpc) is 3.32. The van der Waals surface area contributed by atoms with Crippen molar-refractivity contribution in [3.8, 4) is 17.2 Å². The van der Waals surface area contributed by atoms with E-state index in [-0.39, 0.29) is 17.1 Å². The van der Waals surface area contributed by atoms with Gasteiger partial charge in [-0.2, -0.15) is 5.10 Å². The van der Waals surface area contributed by atoms with Gasteiger partial charge in [-0.3, -0.25) is 9.59 Å². The molecule has 3 heterocycles. The SMILES string of the molecule is O=C(Nc1ccc(Oc2ccnc3[nH]ccc23)c(F)c1)c1nn(-c2ccc(Cl)cc2)ccc1=O. The molecule has 5 rings (SSSR count). The number of halogens is 2. The third-order valence-electron chi connectivity index (χ3n) is 4.94. The number of aromatic amines is 1. The fraction of sp³-hybridized carbons (Fsp3) is 0. The van der Waals surface area contributed by atoms with Crippen molar-refractivity contribution in [1.82, 2.24) is 19.7 Å². The lowest BCUT2D eigenvalue weighted by molar-refractivity contribution is 0.101. The zero-order valence-electron chi connectivity index (χ0n) is 17.3. The topological polar surface area (TPSA) is 102 Å². The molecule has 0 aliphatic rings. The summed E-state index contributed by atoms with van der Waals surface area (Å²) in [5.74, 6) is -1.07. The van der Waals surface area contributed by atoms with Crippen LogP contribution in [-0.2, 0) is 0 Å². The number of H-pyrrole nitrogens is 1. The summed E-state index contributed by atoms with van der Waals surface area (Å²) in [6.07, 6.45) is 4.69. The van der Waals surface area contributed by atoms with E-state index in [1.54, 1.807) is 48.8 Å². The van der Waals surface area contributed by atoms with Crippen LogP contribution in [0.3, 0.4) is 0 Å². The molecule has 5 aromatic rings. The van der Waals surface area contributed by atoms with Crippen molar-refractivity contribution in [2.45, 2.75) is 0 Å². The molecule has 2 aromatic carbocycles. The van der Waals surface area contributed by atoms with Gasteiger partial charge in [0.2, 0.25) is 5.43 Å². The maximum Gasteiger partial charge on any atom is 0.280 e. The summed E-state index contributed by atoms with van der Waals surface area (Å²) in [6.45, 7) is 0. The summed E-state index contributed by atoms with van der Waals surface area (Å²) >= 11 is 5.90. The molecule has 0 unspecified atom stereocenters. The van der Waals surface area contributed by atoms with E-state index in [0.29, 0.717) is 27.5 Å². The van der Waals surface area contributed by atoms with Crippen LogP contribution in [0.2, 0.25) is 5.02 Å². The molecule has 0 fully saturated rings. The maximum absolute atomic E-state index is 14.7. The molecule has 0 radical (unpaired) electrons. The molecule has 2 N–H and O–H groups in total. The molecular weight excluding hydrogens is 461 g/mol. The molecule has 0 atom stereocenters. The molecule has 3 aromatic heterocycles. The van der Waals surface area contributed by atoms with Crippen LogP contribution in [0.5, 0.6) is 11.5 Å². The summed E-state index contributed by atoms with van der Waals surface area (Å²) in [5, 5.41) is 7.85. The second-order valence-electron chi connectivity index (χ2n) is 7.20. The molecule has 0 saturated carbocycles. The number of amides is 1. The highest BCUT2D eigenvalue weighted by molar-refractivity contribution is 6.30. The number of ether oxygens (including phenoxy) is 1. The molecule has 168 valence electrons. The minimum atomic E-state index is -0.774. The predicted molar refractivity (Wildman–Crippen MR) is 125 cm³/mol. The summed E-state index contributed by atoms with van der Waals surface area (Å²) in [5.41, 5.74) is 0.445. The Morgan fingerprint density at radius 2 is 1.88 bits per heavy atom. The van der Waals surface area contributed by atoms with Crippen LogP contribution >= 0.6 is 11.6 Å². The van der Waals surface area contributed by atoms with Crippen LogP contribution in [0.25, 0.3) is 16.7 Å². The number of pyridine rings is 1. The van der Waals surface area contributed by atoms with Crippen LogP contribution in [0.15, 0.2) is 84.0 Å². The van der Waals surface area contributed by atoms with Crippen molar-refractivity contribution in [1.29, 1.82) is 0 Å². The Morgan fingerprint density at radius 1 is 1.06 bits per heavy atom. The van der Waals surface area contributed by atoms with Gasteiger partial charge in [-0.05, 0) is 48.5 Å². The van der Waals surface area contributed by atoms with E-state index in [4.69, 9.17) is 16.3 Å². The van der Waals surface area contributed by atoms with Crippen LogP contribution in [-0.4, -0.2) is 25.7 Å². The maximum atomic E-state index is 14.7. The first-order valence-corrected chi connectivity index (χ1v) is 10.4. The van der Waals surface area contributed by atoms with Gasteiger partial charge in [0.05, 0.1) is 11.1 Å². The van der Waals surface area contributed by atoms with Crippen molar-refractivity contribution >= 4 is 34.2 Å². The minimum absolute atomic E-state index is 0.0328. The number of carbonyl (C=O) groups excluding carboxylic acids is 1. The Balaban J connectivity index is 1.36. The Hall–Kier alpha value is -4.50. The number of nitrogens with zero attached hydrogens (tertiary/aromatic N) is 3. The van der Waals surface area contributed by atoms with Gasteiger partial charge in [-0.1, -0.05) is 11.6 Å². The van der Waals surface area contributed by atoms with E-state index >= 15 is 0 Å². The first-order chi connectivity index (χ1) is 16.5. The van der Waals surface area contributed by atoms with Crippen LogP contribution < -0.4 is 15.5 Å². The van der Waals surface area contributed by atoms with Crippen molar-refractivity contribution in [2.24, 2.45) is 0 Å². The molecule has 0 spiro atoms. The van der Waals surface area contributed by atoms with Gasteiger partial charge in [0.15, 0.2) is 17.3 Å². The third kappa shape index (κ3) is 4.24. The van der Waals surface area contributed by atoms with Gasteiger partial charge in [0.1, 0.15) is 11.4 Å². The Kier molecular flexibility index (Phi) is 5.52. The Bertz CT molecular complexity index is 1580. The van der Waals surface area contributed by atoms with Crippen LogP contribution in [0, 0.1) is 5.82 Å². The molecule has 0 bridgehead atoms. The molecule has 10 heteroatoms. The van der Waals surface area contributed by atoms with Crippen LogP contribution in [0.1, 0.15) is 10.5 Å². The quantitative estimate of drug-likeness (QED) is 0.374. The summed E-state index contributed by atoms with van der Waals surface area (Å²) in [4.78, 5) is 32.1. The third-order valence-corrected chi connectivity index (χ3v) is 5.20. The highest BCUT2D eigenvalue weighted by atomic mass is 35.5. The standard InChI is InChI=1S/C24H15ClFN5O3/c25-14-1-4-16(5-2-14)31-12-9-19(32)22(30-31)24(33)29-15-3-6-21(18(26)13-15)34-20-8-11-28-23-17(20)7-10-27-23/h1-13H,(H,27,28)(H,29,33). The largest absolute Gasteiger partial charge is 0.453 e. The smallest absolute Gasteiger partial charge is 0.280 e. The van der Waals surface area contributed by atoms with Crippen LogP contribution in [0.4, 0.5) is 10.1 Å². The number of rotatable bonds is 5. The molecule has 34 heavy (non-hydrogen) atoms. The zero-order chi connectivity index (χ0) is 23.7. The van der Waals surface area contributed by atoms with Gasteiger partial charge < -0.3 is 15.0 Å². The molecule has 0 aliphatic carbocycles. The fourth-order valence-electron chi connectivity index (χ4n) is 3.30. The number of fused-ring (bicyclic) bond motifs is 1. The molecular formula is C24H15ClFN5O3. The second-order valence-corrected chi connectivity index (χ2v) is 7.64. The fourth-order valence-corrected chi connectivity index (χ4v) is 3.42.